The molecule has 0 bridgehead atoms. The van der Waals surface area contributed by atoms with E-state index in [4.69, 9.17) is 4.74 Å². The summed E-state index contributed by atoms with van der Waals surface area (Å²) in [6.45, 7) is 6.85. The van der Waals surface area contributed by atoms with Crippen LogP contribution < -0.4 is 9.46 Å². The summed E-state index contributed by atoms with van der Waals surface area (Å²) < 4.78 is 36.7. The van der Waals surface area contributed by atoms with E-state index in [0.717, 1.165) is 28.2 Å². The smallest absolute Gasteiger partial charge is 0.167 e. The average molecular weight is 494 g/mol. The quantitative estimate of drug-likeness (QED) is 0.303. The van der Waals surface area contributed by atoms with Gasteiger partial charge in [-0.15, -0.1) is 11.3 Å². The van der Waals surface area contributed by atoms with Crippen molar-refractivity contribution in [3.05, 3.63) is 77.6 Å². The number of pyridine rings is 1. The zero-order chi connectivity index (χ0) is 23.9. The average Bonchev–Trinajstić information content (AvgIpc) is 3.28. The second-order valence-corrected chi connectivity index (χ2v) is 9.59. The molecule has 174 valence electrons. The van der Waals surface area contributed by atoms with Crippen molar-refractivity contribution in [1.82, 2.24) is 9.88 Å². The zero-order valence-corrected chi connectivity index (χ0v) is 20.5. The molecule has 5 nitrogen and oxygen atoms in total. The van der Waals surface area contributed by atoms with Gasteiger partial charge in [0.1, 0.15) is 16.7 Å². The molecular formula is C26H24FN3O2S2. The van der Waals surface area contributed by atoms with E-state index < -0.39 is 16.8 Å². The summed E-state index contributed by atoms with van der Waals surface area (Å²) in [6, 6.07) is 17.0. The van der Waals surface area contributed by atoms with E-state index >= 15 is 0 Å². The standard InChI is InChI=1S/C26H24FN3O2S2/c1-3-30(4-2)16-8-9-20-18-23-26(33-20)25(14-15-28-23)32-24-13-12-19(17-22(24)27)29-34(31)21-10-6-5-7-11-21/h5-7,10-15,17-18,29H,3-4,16H2,1-2H3. The van der Waals surface area contributed by atoms with Crippen LogP contribution in [0, 0.1) is 17.7 Å². The lowest BCUT2D eigenvalue weighted by Gasteiger charge is -2.12. The molecule has 0 saturated heterocycles. The first kappa shape index (κ1) is 23.9. The Bertz CT molecular complexity index is 1360. The van der Waals surface area contributed by atoms with Crippen LogP contribution in [0.5, 0.6) is 11.5 Å². The molecule has 4 rings (SSSR count). The molecule has 0 fully saturated rings. The maximum Gasteiger partial charge on any atom is 0.167 e. The van der Waals surface area contributed by atoms with Crippen molar-refractivity contribution in [2.75, 3.05) is 24.4 Å². The zero-order valence-electron chi connectivity index (χ0n) is 18.9. The number of hydrogen-bond acceptors (Lipinski definition) is 5. The SMILES string of the molecule is CCN(CC)CC#Cc1cc2nccc(Oc3ccc(NS(=O)c4ccccc4)cc3F)c2s1. The van der Waals surface area contributed by atoms with Crippen molar-refractivity contribution in [2.24, 2.45) is 0 Å². The topological polar surface area (TPSA) is 54.5 Å². The predicted octanol–water partition coefficient (Wildman–Crippen LogP) is 6.06. The highest BCUT2D eigenvalue weighted by atomic mass is 32.2. The Morgan fingerprint density at radius 3 is 2.62 bits per heavy atom. The minimum absolute atomic E-state index is 0.0751. The fraction of sp³-hybridized carbons (Fsp3) is 0.192. The molecule has 4 aromatic rings. The first-order valence-electron chi connectivity index (χ1n) is 10.9. The van der Waals surface area contributed by atoms with Crippen LogP contribution in [0.25, 0.3) is 10.2 Å². The number of benzene rings is 2. The summed E-state index contributed by atoms with van der Waals surface area (Å²) >= 11 is 1.47. The van der Waals surface area contributed by atoms with Crippen molar-refractivity contribution >= 4 is 38.2 Å². The van der Waals surface area contributed by atoms with E-state index in [0.29, 0.717) is 22.9 Å². The van der Waals surface area contributed by atoms with E-state index in [1.165, 1.54) is 23.5 Å². The van der Waals surface area contributed by atoms with Gasteiger partial charge in [0.05, 0.1) is 26.5 Å². The van der Waals surface area contributed by atoms with Gasteiger partial charge in [0.15, 0.2) is 11.6 Å². The van der Waals surface area contributed by atoms with Crippen LogP contribution >= 0.6 is 11.3 Å². The van der Waals surface area contributed by atoms with Gasteiger partial charge >= 0.3 is 0 Å². The van der Waals surface area contributed by atoms with Crippen LogP contribution in [-0.2, 0) is 11.0 Å². The van der Waals surface area contributed by atoms with E-state index in [2.05, 4.69) is 40.3 Å². The molecule has 0 aliphatic rings. The van der Waals surface area contributed by atoms with Gasteiger partial charge in [0, 0.05) is 24.0 Å². The lowest BCUT2D eigenvalue weighted by Crippen LogP contribution is -2.22. The van der Waals surface area contributed by atoms with Crippen molar-refractivity contribution in [1.29, 1.82) is 0 Å². The number of nitrogens with one attached hydrogen (secondary N) is 1. The number of halogens is 1. The van der Waals surface area contributed by atoms with Gasteiger partial charge < -0.3 is 9.46 Å². The van der Waals surface area contributed by atoms with Gasteiger partial charge in [0.25, 0.3) is 0 Å². The predicted molar refractivity (Wildman–Crippen MR) is 137 cm³/mol. The van der Waals surface area contributed by atoms with Crippen LogP contribution in [-0.4, -0.2) is 33.7 Å². The number of thiophene rings is 1. The molecule has 0 aliphatic heterocycles. The number of hydrogen-bond donors (Lipinski definition) is 1. The Morgan fingerprint density at radius 2 is 1.88 bits per heavy atom. The second-order valence-electron chi connectivity index (χ2n) is 7.33. The van der Waals surface area contributed by atoms with Gasteiger partial charge in [-0.2, -0.15) is 0 Å². The first-order chi connectivity index (χ1) is 16.6. The summed E-state index contributed by atoms with van der Waals surface area (Å²) in [5.74, 6) is 6.43. The minimum Gasteiger partial charge on any atom is -0.453 e. The Labute approximate surface area is 205 Å². The molecule has 1 unspecified atom stereocenters. The van der Waals surface area contributed by atoms with Crippen molar-refractivity contribution in [3.63, 3.8) is 0 Å². The molecule has 1 N–H and O–H groups in total. The molecule has 0 spiro atoms. The molecule has 1 atom stereocenters. The van der Waals surface area contributed by atoms with E-state index in [-0.39, 0.29) is 5.75 Å². The van der Waals surface area contributed by atoms with E-state index in [9.17, 15) is 8.60 Å². The Morgan fingerprint density at radius 1 is 1.09 bits per heavy atom. The number of rotatable bonds is 8. The van der Waals surface area contributed by atoms with Gasteiger partial charge in [-0.3, -0.25) is 9.88 Å². The van der Waals surface area contributed by atoms with Crippen LogP contribution in [0.15, 0.2) is 71.8 Å². The highest BCUT2D eigenvalue weighted by Crippen LogP contribution is 2.36. The number of anilines is 1. The number of nitrogens with zero attached hydrogens (tertiary/aromatic N) is 2. The van der Waals surface area contributed by atoms with E-state index in [1.54, 1.807) is 42.6 Å². The third-order valence-electron chi connectivity index (χ3n) is 5.10. The van der Waals surface area contributed by atoms with Gasteiger partial charge in [-0.25, -0.2) is 8.60 Å². The van der Waals surface area contributed by atoms with Crippen molar-refractivity contribution in [2.45, 2.75) is 18.7 Å². The van der Waals surface area contributed by atoms with E-state index in [1.807, 2.05) is 12.1 Å². The minimum atomic E-state index is -1.49. The van der Waals surface area contributed by atoms with Gasteiger partial charge in [-0.1, -0.05) is 43.9 Å². The van der Waals surface area contributed by atoms with Gasteiger partial charge in [-0.05, 0) is 43.4 Å². The number of aromatic nitrogens is 1. The monoisotopic (exact) mass is 493 g/mol. The molecule has 2 aromatic heterocycles. The molecule has 34 heavy (non-hydrogen) atoms. The van der Waals surface area contributed by atoms with Crippen LogP contribution in [0.2, 0.25) is 0 Å². The van der Waals surface area contributed by atoms with Crippen LogP contribution in [0.1, 0.15) is 18.7 Å². The van der Waals surface area contributed by atoms with Crippen molar-refractivity contribution < 1.29 is 13.3 Å². The number of ether oxygens (including phenoxy) is 1. The highest BCUT2D eigenvalue weighted by molar-refractivity contribution is 7.86. The maximum atomic E-state index is 14.8. The summed E-state index contributed by atoms with van der Waals surface area (Å²) in [5.41, 5.74) is 1.15. The summed E-state index contributed by atoms with van der Waals surface area (Å²) in [4.78, 5) is 8.12. The van der Waals surface area contributed by atoms with Crippen molar-refractivity contribution in [3.8, 4) is 23.3 Å². The Hall–Kier alpha value is -3.25. The normalized spacial score (nSPS) is 11.8. The lowest BCUT2D eigenvalue weighted by atomic mass is 10.3. The fourth-order valence-corrected chi connectivity index (χ4v) is 5.02. The molecule has 2 heterocycles. The third-order valence-corrected chi connectivity index (χ3v) is 7.28. The summed E-state index contributed by atoms with van der Waals surface area (Å²) in [5, 5.41) is 0. The molecule has 0 radical (unpaired) electrons. The fourth-order valence-electron chi connectivity index (χ4n) is 3.22. The lowest BCUT2D eigenvalue weighted by molar-refractivity contribution is 0.342. The third kappa shape index (κ3) is 5.81. The molecular weight excluding hydrogens is 469 g/mol. The summed E-state index contributed by atoms with van der Waals surface area (Å²) in [7, 11) is -1.49. The molecule has 8 heteroatoms. The molecule has 0 aliphatic carbocycles. The second kappa shape index (κ2) is 11.3. The number of fused-ring (bicyclic) bond motifs is 1. The molecule has 0 saturated carbocycles. The Kier molecular flexibility index (Phi) is 7.91. The highest BCUT2D eigenvalue weighted by Gasteiger charge is 2.13. The summed E-state index contributed by atoms with van der Waals surface area (Å²) in [6.07, 6.45) is 1.63. The van der Waals surface area contributed by atoms with Gasteiger partial charge in [0.2, 0.25) is 0 Å². The van der Waals surface area contributed by atoms with Crippen LogP contribution in [0.3, 0.4) is 0 Å². The molecule has 2 aromatic carbocycles. The largest absolute Gasteiger partial charge is 0.453 e. The first-order valence-corrected chi connectivity index (χ1v) is 12.8. The molecule has 0 amide bonds. The Balaban J connectivity index is 1.50. The van der Waals surface area contributed by atoms with Crippen LogP contribution in [0.4, 0.5) is 10.1 Å². The maximum absolute atomic E-state index is 14.8.